The molecule has 0 fully saturated rings. The number of hydrogen-bond acceptors (Lipinski definition) is 2. The number of halogens is 4. The number of unbranched alkanes of at least 4 members (excludes halogenated alkanes) is 3. The van der Waals surface area contributed by atoms with E-state index < -0.39 is 17.5 Å². The van der Waals surface area contributed by atoms with Crippen LogP contribution in [0.25, 0.3) is 22.2 Å². The normalized spacial score (nSPS) is 11.3. The molecule has 4 rings (SSSR count). The summed E-state index contributed by atoms with van der Waals surface area (Å²) in [5.74, 6) is -3.77. The molecule has 0 spiro atoms. The van der Waals surface area contributed by atoms with Crippen LogP contribution in [0.3, 0.4) is 0 Å². The summed E-state index contributed by atoms with van der Waals surface area (Å²) in [6.45, 7) is 2.19. The number of hydrogen-bond donors (Lipinski definition) is 0. The average Bonchev–Trinajstić information content (AvgIpc) is 2.85. The molecule has 0 bridgehead atoms. The van der Waals surface area contributed by atoms with E-state index in [-0.39, 0.29) is 24.2 Å². The van der Waals surface area contributed by atoms with Gasteiger partial charge in [0.05, 0.1) is 0 Å². The fourth-order valence-corrected chi connectivity index (χ4v) is 4.09. The minimum Gasteiger partial charge on any atom is -0.236 e. The maximum absolute atomic E-state index is 15.1. The number of aromatic nitrogens is 2. The average molecular weight is 467 g/mol. The van der Waals surface area contributed by atoms with Crippen molar-refractivity contribution in [1.29, 1.82) is 0 Å². The third kappa shape index (κ3) is 5.44. The van der Waals surface area contributed by atoms with Gasteiger partial charge in [-0.05, 0) is 66.0 Å². The third-order valence-electron chi connectivity index (χ3n) is 6.04. The van der Waals surface area contributed by atoms with E-state index in [0.717, 1.165) is 36.1 Å². The van der Waals surface area contributed by atoms with Crippen molar-refractivity contribution in [3.63, 3.8) is 0 Å². The van der Waals surface area contributed by atoms with Gasteiger partial charge in [-0.3, -0.25) is 0 Å². The van der Waals surface area contributed by atoms with Gasteiger partial charge < -0.3 is 0 Å². The summed E-state index contributed by atoms with van der Waals surface area (Å²) in [4.78, 5) is 8.97. The van der Waals surface area contributed by atoms with E-state index in [1.54, 1.807) is 18.2 Å². The quantitative estimate of drug-likeness (QED) is 0.143. The van der Waals surface area contributed by atoms with Gasteiger partial charge >= 0.3 is 0 Å². The SMILES string of the molecule is CCCCCCc1cnc(-c2ccc3c(F)c(CCc4cc(F)c(F)c(F)c4)ccc3c2)nc1. The van der Waals surface area contributed by atoms with E-state index in [9.17, 15) is 13.2 Å². The van der Waals surface area contributed by atoms with Crippen molar-refractivity contribution in [1.82, 2.24) is 9.97 Å². The summed E-state index contributed by atoms with van der Waals surface area (Å²) < 4.78 is 55.1. The van der Waals surface area contributed by atoms with Crippen molar-refractivity contribution in [3.05, 3.63) is 94.8 Å². The van der Waals surface area contributed by atoms with Crippen molar-refractivity contribution < 1.29 is 17.6 Å². The molecular formula is C28H26F4N2. The van der Waals surface area contributed by atoms with Crippen LogP contribution in [0.2, 0.25) is 0 Å². The Bertz CT molecular complexity index is 1260. The molecule has 3 aromatic carbocycles. The minimum absolute atomic E-state index is 0.188. The first-order valence-corrected chi connectivity index (χ1v) is 11.6. The monoisotopic (exact) mass is 466 g/mol. The molecule has 176 valence electrons. The molecule has 0 N–H and O–H groups in total. The van der Waals surface area contributed by atoms with Gasteiger partial charge in [0.15, 0.2) is 23.3 Å². The molecule has 0 aliphatic rings. The Morgan fingerprint density at radius 3 is 2.12 bits per heavy atom. The molecule has 4 aromatic rings. The maximum atomic E-state index is 15.1. The Labute approximate surface area is 196 Å². The molecule has 2 nitrogen and oxygen atoms in total. The van der Waals surface area contributed by atoms with E-state index in [0.29, 0.717) is 22.2 Å². The lowest BCUT2D eigenvalue weighted by molar-refractivity contribution is 0.445. The summed E-state index contributed by atoms with van der Waals surface area (Å²) >= 11 is 0. The molecular weight excluding hydrogens is 440 g/mol. The van der Waals surface area contributed by atoms with E-state index in [2.05, 4.69) is 16.9 Å². The zero-order valence-electron chi connectivity index (χ0n) is 19.1. The second-order valence-electron chi connectivity index (χ2n) is 8.57. The number of benzene rings is 3. The lowest BCUT2D eigenvalue weighted by Crippen LogP contribution is -1.99. The van der Waals surface area contributed by atoms with Crippen molar-refractivity contribution >= 4 is 10.8 Å². The Morgan fingerprint density at radius 2 is 1.41 bits per heavy atom. The fraction of sp³-hybridized carbons (Fsp3) is 0.286. The van der Waals surface area contributed by atoms with Gasteiger partial charge in [0.25, 0.3) is 0 Å². The van der Waals surface area contributed by atoms with E-state index in [1.165, 1.54) is 19.3 Å². The molecule has 0 saturated heterocycles. The number of aryl methyl sites for hydroxylation is 3. The predicted octanol–water partition coefficient (Wildman–Crippen LogP) is 7.76. The molecule has 6 heteroatoms. The third-order valence-corrected chi connectivity index (χ3v) is 6.04. The number of fused-ring (bicyclic) bond motifs is 1. The summed E-state index contributed by atoms with van der Waals surface area (Å²) in [7, 11) is 0. The summed E-state index contributed by atoms with van der Waals surface area (Å²) in [5, 5.41) is 1.16. The van der Waals surface area contributed by atoms with Gasteiger partial charge in [0.2, 0.25) is 0 Å². The molecule has 0 aliphatic heterocycles. The Hall–Kier alpha value is -3.28. The van der Waals surface area contributed by atoms with E-state index in [4.69, 9.17) is 0 Å². The molecule has 0 saturated carbocycles. The molecule has 0 amide bonds. The van der Waals surface area contributed by atoms with Crippen LogP contribution in [0.15, 0.2) is 54.9 Å². The fourth-order valence-electron chi connectivity index (χ4n) is 4.09. The predicted molar refractivity (Wildman–Crippen MR) is 127 cm³/mol. The Balaban J connectivity index is 1.48. The Kier molecular flexibility index (Phi) is 7.56. The van der Waals surface area contributed by atoms with Crippen LogP contribution in [0.1, 0.15) is 49.3 Å². The highest BCUT2D eigenvalue weighted by Crippen LogP contribution is 2.27. The first kappa shape index (κ1) is 23.9. The van der Waals surface area contributed by atoms with Crippen LogP contribution in [0.4, 0.5) is 17.6 Å². The smallest absolute Gasteiger partial charge is 0.194 e. The zero-order valence-corrected chi connectivity index (χ0v) is 19.1. The van der Waals surface area contributed by atoms with Crippen LogP contribution >= 0.6 is 0 Å². The van der Waals surface area contributed by atoms with Crippen LogP contribution in [0, 0.1) is 23.3 Å². The maximum Gasteiger partial charge on any atom is 0.194 e. The van der Waals surface area contributed by atoms with Crippen molar-refractivity contribution in [2.45, 2.75) is 51.9 Å². The van der Waals surface area contributed by atoms with Gasteiger partial charge in [-0.25, -0.2) is 27.5 Å². The van der Waals surface area contributed by atoms with E-state index >= 15 is 4.39 Å². The highest BCUT2D eigenvalue weighted by atomic mass is 19.2. The summed E-state index contributed by atoms with van der Waals surface area (Å²) in [6.07, 6.45) is 9.85. The van der Waals surface area contributed by atoms with Crippen LogP contribution in [-0.2, 0) is 19.3 Å². The lowest BCUT2D eigenvalue weighted by atomic mass is 9.98. The number of nitrogens with zero attached hydrogens (tertiary/aromatic N) is 2. The van der Waals surface area contributed by atoms with Gasteiger partial charge in [-0.1, -0.05) is 50.5 Å². The van der Waals surface area contributed by atoms with Gasteiger partial charge in [-0.15, -0.1) is 0 Å². The first-order valence-electron chi connectivity index (χ1n) is 11.6. The second-order valence-corrected chi connectivity index (χ2v) is 8.57. The molecule has 0 radical (unpaired) electrons. The molecule has 1 heterocycles. The van der Waals surface area contributed by atoms with Crippen molar-refractivity contribution in [2.75, 3.05) is 0 Å². The standard InChI is InChI=1S/C28H26F4N2/c1-2-3-4-5-6-19-16-33-28(34-17-19)22-11-12-23-21(15-22)10-9-20(26(23)31)8-7-18-13-24(29)27(32)25(30)14-18/h9-17H,2-8H2,1H3. The van der Waals surface area contributed by atoms with Crippen LogP contribution in [-0.4, -0.2) is 9.97 Å². The van der Waals surface area contributed by atoms with Crippen molar-refractivity contribution in [2.24, 2.45) is 0 Å². The largest absolute Gasteiger partial charge is 0.236 e. The van der Waals surface area contributed by atoms with Gasteiger partial charge in [0, 0.05) is 23.3 Å². The molecule has 0 atom stereocenters. The number of rotatable bonds is 9. The van der Waals surface area contributed by atoms with Crippen LogP contribution < -0.4 is 0 Å². The zero-order chi connectivity index (χ0) is 24.1. The summed E-state index contributed by atoms with van der Waals surface area (Å²) in [5.41, 5.74) is 2.61. The highest BCUT2D eigenvalue weighted by molar-refractivity contribution is 5.87. The highest BCUT2D eigenvalue weighted by Gasteiger charge is 2.13. The van der Waals surface area contributed by atoms with Gasteiger partial charge in [0.1, 0.15) is 5.82 Å². The first-order chi connectivity index (χ1) is 16.5. The van der Waals surface area contributed by atoms with E-state index in [1.807, 2.05) is 24.5 Å². The van der Waals surface area contributed by atoms with Gasteiger partial charge in [-0.2, -0.15) is 0 Å². The topological polar surface area (TPSA) is 25.8 Å². The second kappa shape index (κ2) is 10.8. The molecule has 34 heavy (non-hydrogen) atoms. The van der Waals surface area contributed by atoms with Crippen molar-refractivity contribution in [3.8, 4) is 11.4 Å². The molecule has 1 aromatic heterocycles. The minimum atomic E-state index is -1.50. The van der Waals surface area contributed by atoms with Crippen LogP contribution in [0.5, 0.6) is 0 Å². The lowest BCUT2D eigenvalue weighted by Gasteiger charge is -2.09. The molecule has 0 unspecified atom stereocenters. The summed E-state index contributed by atoms with van der Waals surface area (Å²) in [6, 6.07) is 10.7. The molecule has 0 aliphatic carbocycles. The Morgan fingerprint density at radius 1 is 0.676 bits per heavy atom.